The van der Waals surface area contributed by atoms with Crippen LogP contribution in [0.4, 0.5) is 0 Å². The average Bonchev–Trinajstić information content (AvgIpc) is 2.68. The number of hydrogen-bond acceptors (Lipinski definition) is 3. The van der Waals surface area contributed by atoms with Crippen molar-refractivity contribution in [2.75, 3.05) is 19.6 Å². The third-order valence-electron chi connectivity index (χ3n) is 5.92. The van der Waals surface area contributed by atoms with Crippen LogP contribution in [0.5, 0.6) is 0 Å². The fraction of sp³-hybridized carbons (Fsp3) is 0.619. The summed E-state index contributed by atoms with van der Waals surface area (Å²) in [6.07, 6.45) is 6.21. The molecule has 6 heteroatoms. The van der Waals surface area contributed by atoms with Crippen molar-refractivity contribution in [3.05, 3.63) is 35.4 Å². The number of nitrogens with one attached hydrogen (secondary N) is 1. The molecule has 1 saturated carbocycles. The zero-order chi connectivity index (χ0) is 18.5. The molecule has 1 aromatic rings. The second-order valence-electron chi connectivity index (χ2n) is 7.85. The second-order valence-corrected chi connectivity index (χ2v) is 7.85. The molecule has 150 valence electrons. The van der Waals surface area contributed by atoms with Crippen LogP contribution in [-0.4, -0.2) is 42.4 Å². The maximum absolute atomic E-state index is 12.8. The van der Waals surface area contributed by atoms with E-state index in [2.05, 4.69) is 5.32 Å². The monoisotopic (exact) mass is 393 g/mol. The molecule has 1 aliphatic carbocycles. The topological polar surface area (TPSA) is 75.4 Å². The largest absolute Gasteiger partial charge is 0.353 e. The molecule has 0 radical (unpaired) electrons. The van der Waals surface area contributed by atoms with Crippen molar-refractivity contribution in [3.63, 3.8) is 0 Å². The highest BCUT2D eigenvalue weighted by Crippen LogP contribution is 2.25. The Hall–Kier alpha value is -1.59. The fourth-order valence-corrected chi connectivity index (χ4v) is 4.23. The van der Waals surface area contributed by atoms with E-state index in [4.69, 9.17) is 5.73 Å². The first-order valence-corrected chi connectivity index (χ1v) is 9.95. The molecule has 3 N–H and O–H groups in total. The van der Waals surface area contributed by atoms with E-state index in [1.54, 1.807) is 0 Å². The van der Waals surface area contributed by atoms with Gasteiger partial charge >= 0.3 is 0 Å². The molecule has 0 spiro atoms. The first kappa shape index (κ1) is 21.7. The van der Waals surface area contributed by atoms with Crippen molar-refractivity contribution in [1.29, 1.82) is 0 Å². The lowest BCUT2D eigenvalue weighted by Gasteiger charge is -2.35. The number of aryl methyl sites for hydroxylation is 1. The zero-order valence-corrected chi connectivity index (χ0v) is 17.0. The predicted octanol–water partition coefficient (Wildman–Crippen LogP) is 2.90. The third-order valence-corrected chi connectivity index (χ3v) is 5.92. The van der Waals surface area contributed by atoms with Crippen LogP contribution < -0.4 is 11.1 Å². The first-order valence-electron chi connectivity index (χ1n) is 9.95. The molecule has 3 unspecified atom stereocenters. The van der Waals surface area contributed by atoms with Gasteiger partial charge in [-0.1, -0.05) is 30.5 Å². The quantitative estimate of drug-likeness (QED) is 0.825. The summed E-state index contributed by atoms with van der Waals surface area (Å²) in [5.41, 5.74) is 7.72. The van der Waals surface area contributed by atoms with Crippen molar-refractivity contribution in [1.82, 2.24) is 10.2 Å². The maximum atomic E-state index is 12.8. The van der Waals surface area contributed by atoms with Crippen molar-refractivity contribution in [2.45, 2.75) is 51.5 Å². The summed E-state index contributed by atoms with van der Waals surface area (Å²) in [6.45, 7) is 3.88. The van der Waals surface area contributed by atoms with Gasteiger partial charge in [0.1, 0.15) is 0 Å². The molecule has 1 aromatic carbocycles. The Morgan fingerprint density at radius 1 is 1.11 bits per heavy atom. The van der Waals surface area contributed by atoms with E-state index in [1.807, 2.05) is 36.1 Å². The van der Waals surface area contributed by atoms with Gasteiger partial charge in [0, 0.05) is 24.7 Å². The van der Waals surface area contributed by atoms with Gasteiger partial charge in [0.15, 0.2) is 0 Å². The third kappa shape index (κ3) is 5.45. The smallest absolute Gasteiger partial charge is 0.253 e. The van der Waals surface area contributed by atoms with Gasteiger partial charge in [-0.3, -0.25) is 9.59 Å². The van der Waals surface area contributed by atoms with Gasteiger partial charge in [0.2, 0.25) is 5.91 Å². The Morgan fingerprint density at radius 3 is 2.52 bits per heavy atom. The van der Waals surface area contributed by atoms with Crippen LogP contribution >= 0.6 is 12.4 Å². The van der Waals surface area contributed by atoms with Crippen LogP contribution in [-0.2, 0) is 4.79 Å². The highest BCUT2D eigenvalue weighted by Gasteiger charge is 2.32. The number of rotatable bonds is 4. The van der Waals surface area contributed by atoms with Crippen molar-refractivity contribution < 1.29 is 9.59 Å². The molecular weight excluding hydrogens is 362 g/mol. The Bertz CT molecular complexity index is 635. The Labute approximate surface area is 168 Å². The van der Waals surface area contributed by atoms with Gasteiger partial charge in [-0.15, -0.1) is 12.4 Å². The first-order chi connectivity index (χ1) is 12.6. The van der Waals surface area contributed by atoms with E-state index in [1.165, 1.54) is 6.42 Å². The lowest BCUT2D eigenvalue weighted by molar-refractivity contribution is -0.127. The highest BCUT2D eigenvalue weighted by molar-refractivity contribution is 5.94. The van der Waals surface area contributed by atoms with Crippen LogP contribution in [0, 0.1) is 18.8 Å². The summed E-state index contributed by atoms with van der Waals surface area (Å²) in [4.78, 5) is 27.4. The van der Waals surface area contributed by atoms with Gasteiger partial charge in [-0.05, 0) is 57.2 Å². The van der Waals surface area contributed by atoms with Gasteiger partial charge in [-0.2, -0.15) is 0 Å². The molecule has 2 aliphatic rings. The average molecular weight is 394 g/mol. The van der Waals surface area contributed by atoms with Crippen molar-refractivity contribution in [2.24, 2.45) is 17.6 Å². The number of halogens is 1. The molecule has 0 aromatic heterocycles. The van der Waals surface area contributed by atoms with Crippen LogP contribution in [0.15, 0.2) is 24.3 Å². The molecule has 27 heavy (non-hydrogen) atoms. The normalized spacial score (nSPS) is 25.4. The van der Waals surface area contributed by atoms with E-state index < -0.39 is 0 Å². The zero-order valence-electron chi connectivity index (χ0n) is 16.2. The number of carbonyl (C=O) groups excluding carboxylic acids is 2. The summed E-state index contributed by atoms with van der Waals surface area (Å²) in [5.74, 6) is 0.400. The van der Waals surface area contributed by atoms with E-state index in [0.717, 1.165) is 44.2 Å². The summed E-state index contributed by atoms with van der Waals surface area (Å²) >= 11 is 0. The molecule has 3 rings (SSSR count). The molecule has 1 saturated heterocycles. The molecule has 2 fully saturated rings. The summed E-state index contributed by atoms with van der Waals surface area (Å²) in [7, 11) is 0. The molecule has 2 amide bonds. The highest BCUT2D eigenvalue weighted by atomic mass is 35.5. The molecule has 1 aliphatic heterocycles. The fourth-order valence-electron chi connectivity index (χ4n) is 4.23. The van der Waals surface area contributed by atoms with Crippen LogP contribution in [0.2, 0.25) is 0 Å². The minimum absolute atomic E-state index is 0. The number of nitrogens with two attached hydrogens (primary N) is 1. The van der Waals surface area contributed by atoms with E-state index in [9.17, 15) is 9.59 Å². The summed E-state index contributed by atoms with van der Waals surface area (Å²) < 4.78 is 0. The number of hydrogen-bond donors (Lipinski definition) is 2. The number of benzene rings is 1. The lowest BCUT2D eigenvalue weighted by Crippen LogP contribution is -2.50. The number of piperidine rings is 1. The maximum Gasteiger partial charge on any atom is 0.253 e. The number of amides is 2. The van der Waals surface area contributed by atoms with E-state index >= 15 is 0 Å². The van der Waals surface area contributed by atoms with Crippen LogP contribution in [0.3, 0.4) is 0 Å². The number of likely N-dealkylation sites (tertiary alicyclic amines) is 1. The van der Waals surface area contributed by atoms with Crippen LogP contribution in [0.1, 0.15) is 54.4 Å². The SMILES string of the molecule is Cc1ccc(C(=O)N2CCCC(C(=O)NC3CCCCC3CN)C2)cc1.Cl. The standard InChI is InChI=1S/C21H31N3O2.ClH/c1-15-8-10-16(11-9-15)21(26)24-12-4-6-18(14-24)20(25)23-19-7-3-2-5-17(19)13-22;/h8-11,17-19H,2-7,12-14,22H2,1H3,(H,23,25);1H. The van der Waals surface area contributed by atoms with Crippen molar-refractivity contribution in [3.8, 4) is 0 Å². The Morgan fingerprint density at radius 2 is 1.81 bits per heavy atom. The summed E-state index contributed by atoms with van der Waals surface area (Å²) in [5, 5.41) is 3.24. The molecule has 3 atom stereocenters. The minimum atomic E-state index is -0.113. The van der Waals surface area contributed by atoms with E-state index in [-0.39, 0.29) is 36.2 Å². The number of carbonyl (C=O) groups is 2. The van der Waals surface area contributed by atoms with Gasteiger partial charge in [0.25, 0.3) is 5.91 Å². The summed E-state index contributed by atoms with van der Waals surface area (Å²) in [6, 6.07) is 7.85. The van der Waals surface area contributed by atoms with Gasteiger partial charge in [0.05, 0.1) is 5.92 Å². The lowest BCUT2D eigenvalue weighted by atomic mass is 9.84. The number of nitrogens with zero attached hydrogens (tertiary/aromatic N) is 1. The second kappa shape index (κ2) is 10.1. The molecule has 5 nitrogen and oxygen atoms in total. The van der Waals surface area contributed by atoms with Gasteiger partial charge < -0.3 is 16.0 Å². The van der Waals surface area contributed by atoms with E-state index in [0.29, 0.717) is 24.6 Å². The Kier molecular flexibility index (Phi) is 8.11. The predicted molar refractivity (Wildman–Crippen MR) is 110 cm³/mol. The minimum Gasteiger partial charge on any atom is -0.353 e. The van der Waals surface area contributed by atoms with Gasteiger partial charge in [-0.25, -0.2) is 0 Å². The Balaban J connectivity index is 0.00000261. The molecule has 0 bridgehead atoms. The van der Waals surface area contributed by atoms with Crippen LogP contribution in [0.25, 0.3) is 0 Å². The molecular formula is C21H32ClN3O2. The molecule has 1 heterocycles. The van der Waals surface area contributed by atoms with Crippen molar-refractivity contribution >= 4 is 24.2 Å².